The second-order valence-corrected chi connectivity index (χ2v) is 5.03. The SMILES string of the molecule is CCCCN(CC)C(=O)C1CC2C=CC1C2=O. The van der Waals surface area contributed by atoms with Gasteiger partial charge in [0.05, 0.1) is 5.92 Å². The number of fused-ring (bicyclic) bond motifs is 2. The molecule has 1 saturated carbocycles. The van der Waals surface area contributed by atoms with E-state index in [1.54, 1.807) is 0 Å². The minimum atomic E-state index is -0.122. The third-order valence-corrected chi connectivity index (χ3v) is 3.98. The first-order valence-electron chi connectivity index (χ1n) is 6.69. The molecule has 2 aliphatic rings. The lowest BCUT2D eigenvalue weighted by Gasteiger charge is -2.26. The molecule has 3 nitrogen and oxygen atoms in total. The van der Waals surface area contributed by atoms with E-state index in [2.05, 4.69) is 6.92 Å². The zero-order valence-electron chi connectivity index (χ0n) is 10.7. The number of hydrogen-bond donors (Lipinski definition) is 0. The van der Waals surface area contributed by atoms with Crippen molar-refractivity contribution >= 4 is 11.7 Å². The van der Waals surface area contributed by atoms with E-state index in [9.17, 15) is 9.59 Å². The predicted octanol–water partition coefficient (Wildman–Crippen LogP) is 2.03. The van der Waals surface area contributed by atoms with Crippen LogP contribution in [0.15, 0.2) is 12.2 Å². The summed E-state index contributed by atoms with van der Waals surface area (Å²) in [5.41, 5.74) is 0. The summed E-state index contributed by atoms with van der Waals surface area (Å²) in [5, 5.41) is 0. The molecular formula is C14H21NO2. The highest BCUT2D eigenvalue weighted by atomic mass is 16.2. The van der Waals surface area contributed by atoms with Crippen molar-refractivity contribution in [3.63, 3.8) is 0 Å². The Labute approximate surface area is 103 Å². The number of allylic oxidation sites excluding steroid dienone is 2. The number of Topliss-reactive ketones (excluding diaryl/α,β-unsaturated/α-hetero) is 1. The minimum absolute atomic E-state index is 0.0267. The first-order chi connectivity index (χ1) is 8.19. The molecule has 17 heavy (non-hydrogen) atoms. The first kappa shape index (κ1) is 12.3. The maximum atomic E-state index is 12.4. The molecule has 94 valence electrons. The summed E-state index contributed by atoms with van der Waals surface area (Å²) in [6, 6.07) is 0. The van der Waals surface area contributed by atoms with Crippen molar-refractivity contribution in [2.45, 2.75) is 33.1 Å². The Balaban J connectivity index is 2.00. The first-order valence-corrected chi connectivity index (χ1v) is 6.69. The lowest BCUT2D eigenvalue weighted by molar-refractivity contribution is -0.137. The van der Waals surface area contributed by atoms with Gasteiger partial charge in [0.2, 0.25) is 5.91 Å². The summed E-state index contributed by atoms with van der Waals surface area (Å²) >= 11 is 0. The standard InChI is InChI=1S/C14H21NO2/c1-3-5-8-15(4-2)14(17)12-9-10-6-7-11(12)13(10)16/h6-7,10-12H,3-5,8-9H2,1-2H3. The summed E-state index contributed by atoms with van der Waals surface area (Å²) in [4.78, 5) is 26.0. The van der Waals surface area contributed by atoms with Crippen LogP contribution < -0.4 is 0 Å². The van der Waals surface area contributed by atoms with Crippen LogP contribution in [-0.4, -0.2) is 29.7 Å². The van der Waals surface area contributed by atoms with E-state index in [-0.39, 0.29) is 29.4 Å². The van der Waals surface area contributed by atoms with Gasteiger partial charge in [-0.2, -0.15) is 0 Å². The van der Waals surface area contributed by atoms with Gasteiger partial charge in [-0.1, -0.05) is 25.5 Å². The summed E-state index contributed by atoms with van der Waals surface area (Å²) < 4.78 is 0. The second-order valence-electron chi connectivity index (χ2n) is 5.03. The highest BCUT2D eigenvalue weighted by molar-refractivity contribution is 5.97. The summed E-state index contributed by atoms with van der Waals surface area (Å²) in [7, 11) is 0. The molecule has 0 radical (unpaired) electrons. The zero-order chi connectivity index (χ0) is 12.4. The molecule has 3 heteroatoms. The number of hydrogen-bond acceptors (Lipinski definition) is 2. The molecule has 3 unspecified atom stereocenters. The van der Waals surface area contributed by atoms with Gasteiger partial charge in [-0.15, -0.1) is 0 Å². The van der Waals surface area contributed by atoms with Crippen molar-refractivity contribution in [2.75, 3.05) is 13.1 Å². The van der Waals surface area contributed by atoms with Crippen LogP contribution in [-0.2, 0) is 9.59 Å². The van der Waals surface area contributed by atoms with Gasteiger partial charge in [-0.3, -0.25) is 9.59 Å². The number of nitrogens with zero attached hydrogens (tertiary/aromatic N) is 1. The summed E-state index contributed by atoms with van der Waals surface area (Å²) in [6.45, 7) is 5.72. The van der Waals surface area contributed by atoms with Crippen LogP contribution >= 0.6 is 0 Å². The van der Waals surface area contributed by atoms with Gasteiger partial charge in [-0.25, -0.2) is 0 Å². The Morgan fingerprint density at radius 2 is 2.18 bits per heavy atom. The number of carbonyl (C=O) groups excluding carboxylic acids is 2. The van der Waals surface area contributed by atoms with Gasteiger partial charge in [0.15, 0.2) is 0 Å². The van der Waals surface area contributed by atoms with Gasteiger partial charge in [0, 0.05) is 24.9 Å². The van der Waals surface area contributed by atoms with Crippen molar-refractivity contribution in [2.24, 2.45) is 17.8 Å². The Kier molecular flexibility index (Phi) is 3.65. The van der Waals surface area contributed by atoms with Crippen LogP contribution in [0, 0.1) is 17.8 Å². The molecule has 0 aromatic heterocycles. The number of carbonyl (C=O) groups is 2. The van der Waals surface area contributed by atoms with Crippen molar-refractivity contribution < 1.29 is 9.59 Å². The Bertz CT molecular complexity index is 348. The molecule has 0 heterocycles. The van der Waals surface area contributed by atoms with Crippen LogP contribution in [0.1, 0.15) is 33.1 Å². The highest BCUT2D eigenvalue weighted by Crippen LogP contribution is 2.41. The van der Waals surface area contributed by atoms with E-state index >= 15 is 0 Å². The van der Waals surface area contributed by atoms with Gasteiger partial charge >= 0.3 is 0 Å². The lowest BCUT2D eigenvalue weighted by atomic mass is 9.92. The average molecular weight is 235 g/mol. The molecule has 0 N–H and O–H groups in total. The minimum Gasteiger partial charge on any atom is -0.343 e. The van der Waals surface area contributed by atoms with Crippen LogP contribution in [0.2, 0.25) is 0 Å². The molecule has 2 aliphatic carbocycles. The molecule has 3 atom stereocenters. The molecule has 0 aromatic carbocycles. The van der Waals surface area contributed by atoms with Crippen molar-refractivity contribution in [1.29, 1.82) is 0 Å². The number of ketones is 1. The number of rotatable bonds is 5. The van der Waals surface area contributed by atoms with Crippen molar-refractivity contribution in [3.8, 4) is 0 Å². The molecule has 2 rings (SSSR count). The fourth-order valence-corrected chi connectivity index (χ4v) is 2.90. The number of amides is 1. The van der Waals surface area contributed by atoms with E-state index in [4.69, 9.17) is 0 Å². The topological polar surface area (TPSA) is 37.4 Å². The predicted molar refractivity (Wildman–Crippen MR) is 66.4 cm³/mol. The largest absolute Gasteiger partial charge is 0.343 e. The van der Waals surface area contributed by atoms with E-state index in [1.165, 1.54) is 0 Å². The van der Waals surface area contributed by atoms with Crippen LogP contribution in [0.5, 0.6) is 0 Å². The van der Waals surface area contributed by atoms with Crippen LogP contribution in [0.25, 0.3) is 0 Å². The maximum Gasteiger partial charge on any atom is 0.226 e. The summed E-state index contributed by atoms with van der Waals surface area (Å²) in [5.74, 6) is 0.275. The third-order valence-electron chi connectivity index (χ3n) is 3.98. The smallest absolute Gasteiger partial charge is 0.226 e. The Hall–Kier alpha value is -1.12. The third kappa shape index (κ3) is 2.15. The zero-order valence-corrected chi connectivity index (χ0v) is 10.7. The summed E-state index contributed by atoms with van der Waals surface area (Å²) in [6.07, 6.45) is 6.79. The van der Waals surface area contributed by atoms with Gasteiger partial charge < -0.3 is 4.90 Å². The van der Waals surface area contributed by atoms with Crippen LogP contribution in [0.4, 0.5) is 0 Å². The van der Waals surface area contributed by atoms with E-state index < -0.39 is 0 Å². The van der Waals surface area contributed by atoms with E-state index in [0.717, 1.165) is 32.4 Å². The quantitative estimate of drug-likeness (QED) is 0.684. The van der Waals surface area contributed by atoms with E-state index in [1.807, 2.05) is 24.0 Å². The number of unbranched alkanes of at least 4 members (excludes halogenated alkanes) is 1. The van der Waals surface area contributed by atoms with Crippen molar-refractivity contribution in [1.82, 2.24) is 4.90 Å². The second kappa shape index (κ2) is 5.03. The van der Waals surface area contributed by atoms with Gasteiger partial charge in [0.1, 0.15) is 5.78 Å². The van der Waals surface area contributed by atoms with Crippen LogP contribution in [0.3, 0.4) is 0 Å². The average Bonchev–Trinajstić information content (AvgIpc) is 2.85. The Morgan fingerprint density at radius 1 is 1.41 bits per heavy atom. The highest BCUT2D eigenvalue weighted by Gasteiger charge is 2.47. The fourth-order valence-electron chi connectivity index (χ4n) is 2.90. The molecular weight excluding hydrogens is 214 g/mol. The molecule has 0 aromatic rings. The Morgan fingerprint density at radius 3 is 2.65 bits per heavy atom. The molecule has 1 fully saturated rings. The normalized spacial score (nSPS) is 30.0. The maximum absolute atomic E-state index is 12.4. The van der Waals surface area contributed by atoms with E-state index in [0.29, 0.717) is 0 Å². The molecule has 2 bridgehead atoms. The molecule has 1 amide bonds. The lowest BCUT2D eigenvalue weighted by Crippen LogP contribution is -2.38. The monoisotopic (exact) mass is 235 g/mol. The fraction of sp³-hybridized carbons (Fsp3) is 0.714. The molecule has 0 saturated heterocycles. The van der Waals surface area contributed by atoms with Gasteiger partial charge in [0.25, 0.3) is 0 Å². The van der Waals surface area contributed by atoms with Crippen molar-refractivity contribution in [3.05, 3.63) is 12.2 Å². The molecule has 0 spiro atoms. The molecule has 0 aliphatic heterocycles. The van der Waals surface area contributed by atoms with Gasteiger partial charge in [-0.05, 0) is 19.8 Å².